The lowest BCUT2D eigenvalue weighted by Crippen LogP contribution is -2.26. The van der Waals surface area contributed by atoms with Crippen LogP contribution in [0.3, 0.4) is 0 Å². The van der Waals surface area contributed by atoms with Gasteiger partial charge in [-0.2, -0.15) is 5.10 Å². The summed E-state index contributed by atoms with van der Waals surface area (Å²) in [5.74, 6) is -0.0948. The van der Waals surface area contributed by atoms with E-state index < -0.39 is 0 Å². The van der Waals surface area contributed by atoms with Gasteiger partial charge in [0, 0.05) is 12.2 Å². The van der Waals surface area contributed by atoms with E-state index in [0.717, 1.165) is 29.6 Å². The molecule has 1 unspecified atom stereocenters. The molecule has 0 radical (unpaired) electrons. The SMILES string of the molecule is CCC(C)n1ncc2c(C(=O)NCCCN)cc(C)nc21. The Hall–Kier alpha value is -1.95. The Labute approximate surface area is 124 Å². The number of aryl methyl sites for hydroxylation is 1. The number of pyridine rings is 1. The van der Waals surface area contributed by atoms with Crippen molar-refractivity contribution in [1.29, 1.82) is 0 Å². The number of nitrogens with zero attached hydrogens (tertiary/aromatic N) is 3. The molecule has 0 saturated heterocycles. The first-order valence-electron chi connectivity index (χ1n) is 7.41. The molecule has 0 aliphatic carbocycles. The lowest BCUT2D eigenvalue weighted by atomic mass is 10.1. The number of carbonyl (C=O) groups excluding carboxylic acids is 1. The minimum absolute atomic E-state index is 0.0948. The summed E-state index contributed by atoms with van der Waals surface area (Å²) in [5, 5.41) is 8.09. The molecule has 0 spiro atoms. The van der Waals surface area contributed by atoms with Crippen LogP contribution in [0.1, 0.15) is 48.8 Å². The van der Waals surface area contributed by atoms with Crippen molar-refractivity contribution in [2.24, 2.45) is 5.73 Å². The summed E-state index contributed by atoms with van der Waals surface area (Å²) in [5.41, 5.74) is 7.66. The van der Waals surface area contributed by atoms with Gasteiger partial charge in [0.25, 0.3) is 5.91 Å². The van der Waals surface area contributed by atoms with Crippen LogP contribution in [0.25, 0.3) is 11.0 Å². The third-order valence-corrected chi connectivity index (χ3v) is 3.61. The first kappa shape index (κ1) is 15.4. The van der Waals surface area contributed by atoms with Gasteiger partial charge in [0.05, 0.1) is 23.2 Å². The third kappa shape index (κ3) is 3.21. The average Bonchev–Trinajstić information content (AvgIpc) is 2.89. The molecule has 0 aromatic carbocycles. The van der Waals surface area contributed by atoms with Gasteiger partial charge < -0.3 is 11.1 Å². The van der Waals surface area contributed by atoms with Crippen molar-refractivity contribution in [3.05, 3.63) is 23.5 Å². The summed E-state index contributed by atoms with van der Waals surface area (Å²) in [6.45, 7) is 7.24. The molecule has 0 saturated carbocycles. The van der Waals surface area contributed by atoms with E-state index in [-0.39, 0.29) is 11.9 Å². The van der Waals surface area contributed by atoms with E-state index in [2.05, 4.69) is 29.2 Å². The maximum absolute atomic E-state index is 12.3. The van der Waals surface area contributed by atoms with Crippen molar-refractivity contribution >= 4 is 16.9 Å². The largest absolute Gasteiger partial charge is 0.352 e. The summed E-state index contributed by atoms with van der Waals surface area (Å²) < 4.78 is 1.89. The van der Waals surface area contributed by atoms with Crippen LogP contribution >= 0.6 is 0 Å². The van der Waals surface area contributed by atoms with Crippen molar-refractivity contribution in [3.63, 3.8) is 0 Å². The molecule has 0 aliphatic heterocycles. The number of rotatable bonds is 6. The van der Waals surface area contributed by atoms with E-state index in [1.807, 2.05) is 17.7 Å². The van der Waals surface area contributed by atoms with Crippen molar-refractivity contribution in [2.75, 3.05) is 13.1 Å². The first-order chi connectivity index (χ1) is 10.1. The molecule has 2 rings (SSSR count). The predicted molar refractivity (Wildman–Crippen MR) is 83.3 cm³/mol. The van der Waals surface area contributed by atoms with Gasteiger partial charge in [0.2, 0.25) is 0 Å². The van der Waals surface area contributed by atoms with Crippen molar-refractivity contribution < 1.29 is 4.79 Å². The number of hydrogen-bond acceptors (Lipinski definition) is 4. The van der Waals surface area contributed by atoms with Crippen LogP contribution in [0, 0.1) is 6.92 Å². The molecular formula is C15H23N5O. The van der Waals surface area contributed by atoms with Crippen molar-refractivity contribution in [2.45, 2.75) is 39.7 Å². The Morgan fingerprint density at radius 2 is 2.29 bits per heavy atom. The molecule has 1 atom stereocenters. The first-order valence-corrected chi connectivity index (χ1v) is 7.41. The van der Waals surface area contributed by atoms with Gasteiger partial charge in [-0.15, -0.1) is 0 Å². The van der Waals surface area contributed by atoms with E-state index >= 15 is 0 Å². The van der Waals surface area contributed by atoms with E-state index in [9.17, 15) is 4.79 Å². The maximum atomic E-state index is 12.3. The second kappa shape index (κ2) is 6.67. The Balaban J connectivity index is 2.40. The van der Waals surface area contributed by atoms with E-state index in [4.69, 9.17) is 5.73 Å². The van der Waals surface area contributed by atoms with Gasteiger partial charge in [0.15, 0.2) is 5.65 Å². The fourth-order valence-electron chi connectivity index (χ4n) is 2.23. The summed E-state index contributed by atoms with van der Waals surface area (Å²) >= 11 is 0. The van der Waals surface area contributed by atoms with Crippen molar-refractivity contribution in [1.82, 2.24) is 20.1 Å². The molecule has 2 aromatic rings. The summed E-state index contributed by atoms with van der Waals surface area (Å²) in [6, 6.07) is 2.06. The molecule has 0 aliphatic rings. The zero-order chi connectivity index (χ0) is 15.4. The normalized spacial score (nSPS) is 12.6. The van der Waals surface area contributed by atoms with Gasteiger partial charge in [-0.05, 0) is 39.3 Å². The van der Waals surface area contributed by atoms with E-state index in [0.29, 0.717) is 18.7 Å². The molecule has 2 heterocycles. The molecule has 3 N–H and O–H groups in total. The molecule has 6 heteroatoms. The minimum atomic E-state index is -0.0948. The van der Waals surface area contributed by atoms with Crippen molar-refractivity contribution in [3.8, 4) is 0 Å². The summed E-state index contributed by atoms with van der Waals surface area (Å²) in [7, 11) is 0. The molecule has 0 fully saturated rings. The number of fused-ring (bicyclic) bond motifs is 1. The Morgan fingerprint density at radius 1 is 1.52 bits per heavy atom. The number of hydrogen-bond donors (Lipinski definition) is 2. The van der Waals surface area contributed by atoms with Crippen LogP contribution < -0.4 is 11.1 Å². The fourth-order valence-corrected chi connectivity index (χ4v) is 2.23. The number of aromatic nitrogens is 3. The van der Waals surface area contributed by atoms with Gasteiger partial charge in [-0.25, -0.2) is 9.67 Å². The number of nitrogens with two attached hydrogens (primary N) is 1. The van der Waals surface area contributed by atoms with Crippen LogP contribution in [0.2, 0.25) is 0 Å². The van der Waals surface area contributed by atoms with Crippen LogP contribution in [-0.4, -0.2) is 33.8 Å². The number of amides is 1. The zero-order valence-corrected chi connectivity index (χ0v) is 12.9. The van der Waals surface area contributed by atoms with Crippen LogP contribution in [-0.2, 0) is 0 Å². The highest BCUT2D eigenvalue weighted by atomic mass is 16.1. The Kier molecular flexibility index (Phi) is 4.90. The summed E-state index contributed by atoms with van der Waals surface area (Å²) in [4.78, 5) is 16.9. The molecule has 0 bridgehead atoms. The zero-order valence-electron chi connectivity index (χ0n) is 12.9. The standard InChI is InChI=1S/C15H23N5O/c1-4-11(3)20-14-13(9-18-20)12(8-10(2)19-14)15(21)17-7-5-6-16/h8-9,11H,4-7,16H2,1-3H3,(H,17,21). The van der Waals surface area contributed by atoms with E-state index in [1.54, 1.807) is 6.20 Å². The lowest BCUT2D eigenvalue weighted by Gasteiger charge is -2.11. The molecule has 6 nitrogen and oxygen atoms in total. The van der Waals surface area contributed by atoms with Gasteiger partial charge >= 0.3 is 0 Å². The predicted octanol–water partition coefficient (Wildman–Crippen LogP) is 1.79. The van der Waals surface area contributed by atoms with Crippen LogP contribution in [0.5, 0.6) is 0 Å². The second-order valence-electron chi connectivity index (χ2n) is 5.29. The van der Waals surface area contributed by atoms with Crippen LogP contribution in [0.15, 0.2) is 12.3 Å². The van der Waals surface area contributed by atoms with Gasteiger partial charge in [-0.1, -0.05) is 6.92 Å². The average molecular weight is 289 g/mol. The molecule has 21 heavy (non-hydrogen) atoms. The van der Waals surface area contributed by atoms with Gasteiger partial charge in [0.1, 0.15) is 0 Å². The maximum Gasteiger partial charge on any atom is 0.252 e. The Bertz CT molecular complexity index is 634. The van der Waals surface area contributed by atoms with Crippen LogP contribution in [0.4, 0.5) is 0 Å². The highest BCUT2D eigenvalue weighted by Gasteiger charge is 2.17. The lowest BCUT2D eigenvalue weighted by molar-refractivity contribution is 0.0955. The highest BCUT2D eigenvalue weighted by Crippen LogP contribution is 2.22. The highest BCUT2D eigenvalue weighted by molar-refractivity contribution is 6.05. The van der Waals surface area contributed by atoms with E-state index in [1.165, 1.54) is 0 Å². The molecule has 114 valence electrons. The topological polar surface area (TPSA) is 85.8 Å². The number of nitrogens with one attached hydrogen (secondary N) is 1. The minimum Gasteiger partial charge on any atom is -0.352 e. The quantitative estimate of drug-likeness (QED) is 0.794. The fraction of sp³-hybridized carbons (Fsp3) is 0.533. The molecule has 1 amide bonds. The second-order valence-corrected chi connectivity index (χ2v) is 5.29. The summed E-state index contributed by atoms with van der Waals surface area (Å²) in [6.07, 6.45) is 3.46. The third-order valence-electron chi connectivity index (χ3n) is 3.61. The smallest absolute Gasteiger partial charge is 0.252 e. The molecular weight excluding hydrogens is 266 g/mol. The molecule has 2 aromatic heterocycles. The monoisotopic (exact) mass is 289 g/mol. The number of carbonyl (C=O) groups is 1. The van der Waals surface area contributed by atoms with Gasteiger partial charge in [-0.3, -0.25) is 4.79 Å². The Morgan fingerprint density at radius 3 is 2.95 bits per heavy atom.